The fraction of sp³-hybridized carbons (Fsp3) is 0.556. The first kappa shape index (κ1) is 18.2. The van der Waals surface area contributed by atoms with Gasteiger partial charge in [-0.05, 0) is 51.3 Å². The highest BCUT2D eigenvalue weighted by atomic mass is 19.1. The number of hydrogen-bond acceptors (Lipinski definition) is 4. The number of nitrogens with zero attached hydrogens (tertiary/aromatic N) is 2. The van der Waals surface area contributed by atoms with E-state index in [4.69, 9.17) is 10.00 Å². The molecule has 0 heterocycles. The summed E-state index contributed by atoms with van der Waals surface area (Å²) in [4.78, 5) is 14.0. The van der Waals surface area contributed by atoms with Crippen LogP contribution in [0.15, 0.2) is 24.3 Å². The maximum Gasteiger partial charge on any atom is 0.410 e. The molecule has 1 aromatic carbocycles. The third kappa shape index (κ3) is 4.45. The van der Waals surface area contributed by atoms with Crippen LogP contribution in [-0.2, 0) is 4.74 Å². The average molecular weight is 334 g/mol. The summed E-state index contributed by atoms with van der Waals surface area (Å²) in [6.07, 6.45) is -0.0527. The Morgan fingerprint density at radius 2 is 2.17 bits per heavy atom. The van der Waals surface area contributed by atoms with Gasteiger partial charge in [0.25, 0.3) is 0 Å². The van der Waals surface area contributed by atoms with Gasteiger partial charge < -0.3 is 9.84 Å². The van der Waals surface area contributed by atoms with Crippen molar-refractivity contribution in [1.29, 1.82) is 5.26 Å². The van der Waals surface area contributed by atoms with E-state index in [2.05, 4.69) is 6.07 Å². The van der Waals surface area contributed by atoms with Gasteiger partial charge in [0, 0.05) is 0 Å². The molecule has 0 spiro atoms. The van der Waals surface area contributed by atoms with E-state index in [1.807, 2.05) is 0 Å². The smallest absolute Gasteiger partial charge is 0.410 e. The number of hydrogen-bond donors (Lipinski definition) is 1. The number of aliphatic hydroxyl groups is 1. The molecule has 1 aliphatic carbocycles. The summed E-state index contributed by atoms with van der Waals surface area (Å²) in [5.74, 6) is -0.450. The number of halogens is 1. The first-order chi connectivity index (χ1) is 11.2. The minimum absolute atomic E-state index is 0.0416. The highest BCUT2D eigenvalue weighted by Gasteiger charge is 2.51. The number of nitriles is 1. The highest BCUT2D eigenvalue weighted by Crippen LogP contribution is 2.45. The Morgan fingerprint density at radius 1 is 1.50 bits per heavy atom. The molecule has 1 fully saturated rings. The minimum atomic E-state index is -1.05. The summed E-state index contributed by atoms with van der Waals surface area (Å²) in [5, 5.41) is 19.5. The van der Waals surface area contributed by atoms with Crippen molar-refractivity contribution in [1.82, 2.24) is 4.90 Å². The SMILES string of the molecule is CC(C)(C)OC(=O)N(CC(O)c1cccc(F)c1)C1(CC#N)CC1. The zero-order valence-corrected chi connectivity index (χ0v) is 14.3. The number of carbonyl (C=O) groups excluding carboxylic acids is 1. The van der Waals surface area contributed by atoms with E-state index in [1.54, 1.807) is 26.8 Å². The van der Waals surface area contributed by atoms with Gasteiger partial charge in [0.2, 0.25) is 0 Å². The summed E-state index contributed by atoms with van der Waals surface area (Å²) in [6.45, 7) is 5.24. The Balaban J connectivity index is 2.20. The van der Waals surface area contributed by atoms with Crippen LogP contribution in [0.5, 0.6) is 0 Å². The van der Waals surface area contributed by atoms with Crippen molar-refractivity contribution in [3.63, 3.8) is 0 Å². The molecule has 1 aromatic rings. The van der Waals surface area contributed by atoms with Gasteiger partial charge >= 0.3 is 6.09 Å². The fourth-order valence-electron chi connectivity index (χ4n) is 2.60. The topological polar surface area (TPSA) is 73.6 Å². The predicted molar refractivity (Wildman–Crippen MR) is 86.5 cm³/mol. The first-order valence-electron chi connectivity index (χ1n) is 7.98. The van der Waals surface area contributed by atoms with Crippen LogP contribution in [0.3, 0.4) is 0 Å². The van der Waals surface area contributed by atoms with Crippen molar-refractivity contribution in [2.75, 3.05) is 6.54 Å². The van der Waals surface area contributed by atoms with Crippen LogP contribution in [0.25, 0.3) is 0 Å². The third-order valence-electron chi connectivity index (χ3n) is 4.01. The molecular weight excluding hydrogens is 311 g/mol. The van der Waals surface area contributed by atoms with E-state index in [0.717, 1.165) is 0 Å². The quantitative estimate of drug-likeness (QED) is 0.894. The van der Waals surface area contributed by atoms with Crippen LogP contribution >= 0.6 is 0 Å². The van der Waals surface area contributed by atoms with Crippen LogP contribution in [0.1, 0.15) is 51.7 Å². The predicted octanol–water partition coefficient (Wildman–Crippen LogP) is 3.54. The minimum Gasteiger partial charge on any atom is -0.444 e. The second-order valence-corrected chi connectivity index (χ2v) is 7.22. The molecule has 1 atom stereocenters. The number of β-amino-alcohol motifs (C(OH)–C–C–N with tert-alkyl or cyclic N) is 1. The number of ether oxygens (including phenoxy) is 1. The highest BCUT2D eigenvalue weighted by molar-refractivity contribution is 5.70. The van der Waals surface area contributed by atoms with Gasteiger partial charge in [0.05, 0.1) is 30.7 Å². The summed E-state index contributed by atoms with van der Waals surface area (Å²) >= 11 is 0. The molecule has 24 heavy (non-hydrogen) atoms. The Labute approximate surface area is 141 Å². The second kappa shape index (κ2) is 6.78. The molecule has 0 radical (unpaired) electrons. The lowest BCUT2D eigenvalue weighted by Crippen LogP contribution is -2.46. The summed E-state index contributed by atoms with van der Waals surface area (Å²) in [6, 6.07) is 7.74. The lowest BCUT2D eigenvalue weighted by molar-refractivity contribution is 0.000207. The Kier molecular flexibility index (Phi) is 5.14. The third-order valence-corrected chi connectivity index (χ3v) is 4.01. The second-order valence-electron chi connectivity index (χ2n) is 7.22. The average Bonchev–Trinajstić information content (AvgIpc) is 3.23. The standard InChI is InChI=1S/C18H23FN2O3/c1-17(2,3)24-16(23)21(18(7-8-18)9-10-20)12-15(22)13-5-4-6-14(19)11-13/h4-6,11,15,22H,7-9,12H2,1-3H3. The maximum atomic E-state index is 13.4. The van der Waals surface area contributed by atoms with E-state index >= 15 is 0 Å². The number of benzene rings is 1. The van der Waals surface area contributed by atoms with Crippen molar-refractivity contribution in [3.8, 4) is 6.07 Å². The van der Waals surface area contributed by atoms with E-state index in [1.165, 1.54) is 23.1 Å². The summed E-state index contributed by atoms with van der Waals surface area (Å²) in [7, 11) is 0. The molecule has 5 nitrogen and oxygen atoms in total. The molecule has 1 saturated carbocycles. The van der Waals surface area contributed by atoms with Gasteiger partial charge in [0.15, 0.2) is 0 Å². The van der Waals surface area contributed by atoms with Crippen molar-refractivity contribution >= 4 is 6.09 Å². The fourth-order valence-corrected chi connectivity index (χ4v) is 2.60. The summed E-state index contributed by atoms with van der Waals surface area (Å²) in [5.41, 5.74) is -0.885. The van der Waals surface area contributed by atoms with Gasteiger partial charge in [-0.3, -0.25) is 4.90 Å². The van der Waals surface area contributed by atoms with Crippen molar-refractivity contribution in [3.05, 3.63) is 35.6 Å². The molecule has 1 N–H and O–H groups in total. The molecule has 1 unspecified atom stereocenters. The van der Waals surface area contributed by atoms with Crippen LogP contribution in [0.4, 0.5) is 9.18 Å². The summed E-state index contributed by atoms with van der Waals surface area (Å²) < 4.78 is 18.8. The van der Waals surface area contributed by atoms with Gasteiger partial charge in [-0.2, -0.15) is 5.26 Å². The molecule has 0 aliphatic heterocycles. The zero-order valence-electron chi connectivity index (χ0n) is 14.3. The van der Waals surface area contributed by atoms with E-state index in [-0.39, 0.29) is 13.0 Å². The van der Waals surface area contributed by atoms with Gasteiger partial charge in [-0.15, -0.1) is 0 Å². The van der Waals surface area contributed by atoms with Gasteiger partial charge in [0.1, 0.15) is 11.4 Å². The van der Waals surface area contributed by atoms with Crippen LogP contribution in [0.2, 0.25) is 0 Å². The Morgan fingerprint density at radius 3 is 2.67 bits per heavy atom. The van der Waals surface area contributed by atoms with Gasteiger partial charge in [-0.1, -0.05) is 12.1 Å². The van der Waals surface area contributed by atoms with Crippen LogP contribution < -0.4 is 0 Å². The van der Waals surface area contributed by atoms with Crippen molar-refractivity contribution in [2.24, 2.45) is 0 Å². The normalized spacial score (nSPS) is 16.8. The Bertz CT molecular complexity index is 644. The largest absolute Gasteiger partial charge is 0.444 e. The lowest BCUT2D eigenvalue weighted by Gasteiger charge is -2.34. The Hall–Kier alpha value is -2.13. The lowest BCUT2D eigenvalue weighted by atomic mass is 10.1. The van der Waals surface area contributed by atoms with Crippen LogP contribution in [-0.4, -0.2) is 33.8 Å². The maximum absolute atomic E-state index is 13.4. The molecule has 0 bridgehead atoms. The van der Waals surface area contributed by atoms with E-state index in [9.17, 15) is 14.3 Å². The number of rotatable bonds is 5. The molecule has 0 saturated heterocycles. The molecule has 1 amide bonds. The molecular formula is C18H23FN2O3. The zero-order chi connectivity index (χ0) is 18.0. The van der Waals surface area contributed by atoms with Crippen molar-refractivity contribution in [2.45, 2.75) is 57.3 Å². The first-order valence-corrected chi connectivity index (χ1v) is 7.98. The van der Waals surface area contributed by atoms with E-state index < -0.39 is 29.2 Å². The number of aliphatic hydroxyl groups excluding tert-OH is 1. The molecule has 0 aromatic heterocycles. The number of amides is 1. The molecule has 130 valence electrons. The molecule has 6 heteroatoms. The van der Waals surface area contributed by atoms with Crippen LogP contribution in [0, 0.1) is 17.1 Å². The van der Waals surface area contributed by atoms with Gasteiger partial charge in [-0.25, -0.2) is 9.18 Å². The molecule has 2 rings (SSSR count). The molecule has 1 aliphatic rings. The van der Waals surface area contributed by atoms with E-state index in [0.29, 0.717) is 18.4 Å². The monoisotopic (exact) mass is 334 g/mol. The van der Waals surface area contributed by atoms with Crippen molar-refractivity contribution < 1.29 is 19.0 Å². The number of carbonyl (C=O) groups is 1.